The van der Waals surface area contributed by atoms with Gasteiger partial charge >= 0.3 is 0 Å². The molecule has 0 saturated carbocycles. The molecule has 1 unspecified atom stereocenters. The lowest BCUT2D eigenvalue weighted by atomic mass is 10.1. The van der Waals surface area contributed by atoms with Crippen molar-refractivity contribution in [2.75, 3.05) is 40.9 Å². The molecule has 1 heterocycles. The maximum absolute atomic E-state index is 13.1. The third-order valence-corrected chi connectivity index (χ3v) is 4.95. The van der Waals surface area contributed by atoms with Crippen LogP contribution in [0.5, 0.6) is 0 Å². The lowest BCUT2D eigenvalue weighted by Crippen LogP contribution is -2.34. The van der Waals surface area contributed by atoms with Gasteiger partial charge in [-0.25, -0.2) is 8.42 Å². The first kappa shape index (κ1) is 18.3. The summed E-state index contributed by atoms with van der Waals surface area (Å²) in [6, 6.07) is 14.4. The van der Waals surface area contributed by atoms with Crippen LogP contribution in [0.1, 0.15) is 17.3 Å². The molecule has 0 bridgehead atoms. The third-order valence-electron chi connectivity index (χ3n) is 4.34. The van der Waals surface area contributed by atoms with E-state index in [4.69, 9.17) is 0 Å². The highest BCUT2D eigenvalue weighted by Crippen LogP contribution is 2.33. The maximum atomic E-state index is 13.1. The second-order valence-electron chi connectivity index (χ2n) is 6.84. The lowest BCUT2D eigenvalue weighted by molar-refractivity contribution is 0.0984. The Morgan fingerprint density at radius 2 is 1.65 bits per heavy atom. The molecule has 1 aliphatic heterocycles. The normalized spacial score (nSPS) is 17.4. The molecular weight excluding hydrogens is 350 g/mol. The molecule has 1 aliphatic rings. The van der Waals surface area contributed by atoms with Crippen molar-refractivity contribution in [2.45, 2.75) is 6.92 Å². The van der Waals surface area contributed by atoms with E-state index in [2.05, 4.69) is 16.5 Å². The molecule has 7 heteroatoms. The average molecular weight is 373 g/mol. The zero-order valence-corrected chi connectivity index (χ0v) is 16.0. The number of fused-ring (bicyclic) bond motifs is 1. The topological polar surface area (TPSA) is 69.7 Å². The Bertz CT molecular complexity index is 910. The molecule has 1 amide bonds. The van der Waals surface area contributed by atoms with Gasteiger partial charge in [0.05, 0.1) is 17.6 Å². The van der Waals surface area contributed by atoms with Gasteiger partial charge in [-0.1, -0.05) is 19.1 Å². The first-order valence-corrected chi connectivity index (χ1v) is 10.3. The van der Waals surface area contributed by atoms with Crippen LogP contribution in [-0.4, -0.2) is 40.7 Å². The molecule has 138 valence electrons. The van der Waals surface area contributed by atoms with Crippen LogP contribution in [0.4, 0.5) is 17.1 Å². The standard InChI is InChI=1S/C19H23N3O3S/c1-14-12-21(2)17-6-4-5-7-18(17)22(13-14)19(23)15-8-10-16(11-9-15)20-26(3,24)25/h4-11,14,20H,12-13H2,1-3H3. The number of anilines is 3. The molecule has 0 saturated heterocycles. The fourth-order valence-corrected chi connectivity index (χ4v) is 3.86. The van der Waals surface area contributed by atoms with E-state index in [0.29, 0.717) is 23.7 Å². The molecule has 2 aromatic rings. The average Bonchev–Trinajstić information content (AvgIpc) is 2.70. The lowest BCUT2D eigenvalue weighted by Gasteiger charge is -2.24. The van der Waals surface area contributed by atoms with Gasteiger partial charge in [0.1, 0.15) is 0 Å². The minimum Gasteiger partial charge on any atom is -0.373 e. The van der Waals surface area contributed by atoms with E-state index in [0.717, 1.165) is 24.2 Å². The van der Waals surface area contributed by atoms with E-state index < -0.39 is 10.0 Å². The highest BCUT2D eigenvalue weighted by Gasteiger charge is 2.27. The summed E-state index contributed by atoms with van der Waals surface area (Å²) in [6.07, 6.45) is 1.10. The summed E-state index contributed by atoms with van der Waals surface area (Å²) in [6.45, 7) is 3.63. The number of sulfonamides is 1. The quantitative estimate of drug-likeness (QED) is 0.898. The van der Waals surface area contributed by atoms with Crippen molar-refractivity contribution >= 4 is 33.0 Å². The first-order chi connectivity index (χ1) is 12.2. The molecule has 2 aromatic carbocycles. The van der Waals surface area contributed by atoms with E-state index in [1.807, 2.05) is 36.2 Å². The molecule has 0 aromatic heterocycles. The number of carbonyl (C=O) groups is 1. The zero-order valence-electron chi connectivity index (χ0n) is 15.1. The number of para-hydroxylation sites is 2. The predicted molar refractivity (Wildman–Crippen MR) is 105 cm³/mol. The maximum Gasteiger partial charge on any atom is 0.258 e. The highest BCUT2D eigenvalue weighted by molar-refractivity contribution is 7.92. The molecule has 0 radical (unpaired) electrons. The first-order valence-electron chi connectivity index (χ1n) is 8.44. The van der Waals surface area contributed by atoms with Crippen LogP contribution in [0, 0.1) is 5.92 Å². The van der Waals surface area contributed by atoms with E-state index in [-0.39, 0.29) is 5.91 Å². The molecule has 1 N–H and O–H groups in total. The van der Waals surface area contributed by atoms with Gasteiger partial charge in [-0.15, -0.1) is 0 Å². The Kier molecular flexibility index (Phi) is 4.91. The van der Waals surface area contributed by atoms with Crippen molar-refractivity contribution in [3.63, 3.8) is 0 Å². The van der Waals surface area contributed by atoms with Crippen LogP contribution in [0.25, 0.3) is 0 Å². The molecule has 0 aliphatic carbocycles. The second kappa shape index (κ2) is 6.99. The van der Waals surface area contributed by atoms with Crippen LogP contribution in [0.15, 0.2) is 48.5 Å². The SMILES string of the molecule is CC1CN(C)c2ccccc2N(C(=O)c2ccc(NS(C)(=O)=O)cc2)C1. The number of nitrogens with zero attached hydrogens (tertiary/aromatic N) is 2. The van der Waals surface area contributed by atoms with Gasteiger partial charge in [0, 0.05) is 31.4 Å². The van der Waals surface area contributed by atoms with Crippen LogP contribution in [0.3, 0.4) is 0 Å². The van der Waals surface area contributed by atoms with Gasteiger partial charge < -0.3 is 9.80 Å². The fourth-order valence-electron chi connectivity index (χ4n) is 3.29. The Morgan fingerprint density at radius 1 is 1.04 bits per heavy atom. The van der Waals surface area contributed by atoms with Crippen LogP contribution >= 0.6 is 0 Å². The number of nitrogens with one attached hydrogen (secondary N) is 1. The summed E-state index contributed by atoms with van der Waals surface area (Å²) in [5.74, 6) is 0.230. The summed E-state index contributed by atoms with van der Waals surface area (Å²) < 4.78 is 25.0. The van der Waals surface area contributed by atoms with Gasteiger partial charge in [-0.3, -0.25) is 9.52 Å². The minimum atomic E-state index is -3.34. The van der Waals surface area contributed by atoms with Gasteiger partial charge in [0.15, 0.2) is 0 Å². The van der Waals surface area contributed by atoms with Gasteiger partial charge in [-0.2, -0.15) is 0 Å². The van der Waals surface area contributed by atoms with Gasteiger partial charge in [0.2, 0.25) is 10.0 Å². The fraction of sp³-hybridized carbons (Fsp3) is 0.316. The summed E-state index contributed by atoms with van der Waals surface area (Å²) in [5, 5.41) is 0. The Hall–Kier alpha value is -2.54. The minimum absolute atomic E-state index is 0.0921. The number of carbonyl (C=O) groups excluding carboxylic acids is 1. The molecule has 26 heavy (non-hydrogen) atoms. The molecule has 0 fully saturated rings. The summed E-state index contributed by atoms with van der Waals surface area (Å²) in [5.41, 5.74) is 2.88. The number of hydrogen-bond acceptors (Lipinski definition) is 4. The number of rotatable bonds is 3. The van der Waals surface area contributed by atoms with E-state index in [1.54, 1.807) is 24.3 Å². The Balaban J connectivity index is 1.92. The molecule has 1 atom stereocenters. The number of amides is 1. The van der Waals surface area contributed by atoms with Crippen molar-refractivity contribution in [1.82, 2.24) is 0 Å². The summed E-state index contributed by atoms with van der Waals surface area (Å²) >= 11 is 0. The number of benzene rings is 2. The van der Waals surface area contributed by atoms with Crippen molar-refractivity contribution < 1.29 is 13.2 Å². The van der Waals surface area contributed by atoms with Crippen molar-refractivity contribution in [2.24, 2.45) is 5.92 Å². The van der Waals surface area contributed by atoms with Gasteiger partial charge in [0.25, 0.3) is 5.91 Å². The molecule has 3 rings (SSSR count). The monoisotopic (exact) mass is 373 g/mol. The van der Waals surface area contributed by atoms with Crippen molar-refractivity contribution in [3.8, 4) is 0 Å². The predicted octanol–water partition coefficient (Wildman–Crippen LogP) is 2.79. The van der Waals surface area contributed by atoms with E-state index in [1.165, 1.54) is 0 Å². The Labute approximate surface area is 154 Å². The van der Waals surface area contributed by atoms with Crippen molar-refractivity contribution in [3.05, 3.63) is 54.1 Å². The van der Waals surface area contributed by atoms with Gasteiger partial charge in [-0.05, 0) is 42.3 Å². The highest BCUT2D eigenvalue weighted by atomic mass is 32.2. The van der Waals surface area contributed by atoms with Crippen molar-refractivity contribution in [1.29, 1.82) is 0 Å². The van der Waals surface area contributed by atoms with E-state index >= 15 is 0 Å². The largest absolute Gasteiger partial charge is 0.373 e. The third kappa shape index (κ3) is 3.99. The molecule has 0 spiro atoms. The zero-order chi connectivity index (χ0) is 18.9. The van der Waals surface area contributed by atoms with E-state index in [9.17, 15) is 13.2 Å². The van der Waals surface area contributed by atoms with Crippen LogP contribution in [-0.2, 0) is 10.0 Å². The second-order valence-corrected chi connectivity index (χ2v) is 8.59. The molecule has 6 nitrogen and oxygen atoms in total. The number of hydrogen-bond donors (Lipinski definition) is 1. The van der Waals surface area contributed by atoms with Crippen LogP contribution in [0.2, 0.25) is 0 Å². The summed E-state index contributed by atoms with van der Waals surface area (Å²) in [7, 11) is -1.30. The van der Waals surface area contributed by atoms with Crippen LogP contribution < -0.4 is 14.5 Å². The smallest absolute Gasteiger partial charge is 0.258 e. The molecular formula is C19H23N3O3S. The summed E-state index contributed by atoms with van der Waals surface area (Å²) in [4.78, 5) is 17.1. The Morgan fingerprint density at radius 3 is 2.27 bits per heavy atom.